The SMILES string of the molecule is O=C(c1ccc(-n2cnc3ccccc32)cc1)N1CCCC1. The molecule has 1 saturated heterocycles. The van der Waals surface area contributed by atoms with Crippen LogP contribution in [0.4, 0.5) is 0 Å². The molecule has 1 aliphatic rings. The maximum Gasteiger partial charge on any atom is 0.253 e. The minimum atomic E-state index is 0.138. The number of hydrogen-bond acceptors (Lipinski definition) is 2. The van der Waals surface area contributed by atoms with E-state index in [4.69, 9.17) is 0 Å². The van der Waals surface area contributed by atoms with Gasteiger partial charge in [-0.3, -0.25) is 9.36 Å². The van der Waals surface area contributed by atoms with Gasteiger partial charge in [-0.15, -0.1) is 0 Å². The number of carbonyl (C=O) groups excluding carboxylic acids is 1. The highest BCUT2D eigenvalue weighted by Gasteiger charge is 2.19. The van der Waals surface area contributed by atoms with Gasteiger partial charge < -0.3 is 4.90 Å². The molecule has 4 rings (SSSR count). The summed E-state index contributed by atoms with van der Waals surface area (Å²) in [7, 11) is 0. The maximum absolute atomic E-state index is 12.4. The third-order valence-corrected chi connectivity index (χ3v) is 4.24. The number of imidazole rings is 1. The monoisotopic (exact) mass is 291 g/mol. The largest absolute Gasteiger partial charge is 0.339 e. The van der Waals surface area contributed by atoms with E-state index in [1.165, 1.54) is 0 Å². The van der Waals surface area contributed by atoms with Gasteiger partial charge in [0.25, 0.3) is 5.91 Å². The Labute approximate surface area is 129 Å². The number of nitrogens with zero attached hydrogens (tertiary/aromatic N) is 3. The fourth-order valence-corrected chi connectivity index (χ4v) is 3.03. The zero-order valence-electron chi connectivity index (χ0n) is 12.3. The third-order valence-electron chi connectivity index (χ3n) is 4.24. The van der Waals surface area contributed by atoms with Gasteiger partial charge in [-0.1, -0.05) is 12.1 Å². The molecule has 0 N–H and O–H groups in total. The van der Waals surface area contributed by atoms with Gasteiger partial charge >= 0.3 is 0 Å². The first-order valence-corrected chi connectivity index (χ1v) is 7.65. The summed E-state index contributed by atoms with van der Waals surface area (Å²) in [5, 5.41) is 0. The van der Waals surface area contributed by atoms with Gasteiger partial charge in [0.1, 0.15) is 6.33 Å². The quantitative estimate of drug-likeness (QED) is 0.727. The summed E-state index contributed by atoms with van der Waals surface area (Å²) < 4.78 is 2.04. The van der Waals surface area contributed by atoms with Crippen molar-refractivity contribution in [1.82, 2.24) is 14.5 Å². The van der Waals surface area contributed by atoms with Crippen LogP contribution >= 0.6 is 0 Å². The normalized spacial score (nSPS) is 14.6. The molecular weight excluding hydrogens is 274 g/mol. The maximum atomic E-state index is 12.4. The van der Waals surface area contributed by atoms with Crippen molar-refractivity contribution in [2.45, 2.75) is 12.8 Å². The molecule has 2 aromatic carbocycles. The van der Waals surface area contributed by atoms with Crippen molar-refractivity contribution in [3.63, 3.8) is 0 Å². The van der Waals surface area contributed by atoms with Crippen LogP contribution in [0.5, 0.6) is 0 Å². The van der Waals surface area contributed by atoms with Crippen LogP contribution in [-0.2, 0) is 0 Å². The Morgan fingerprint density at radius 1 is 0.955 bits per heavy atom. The fourth-order valence-electron chi connectivity index (χ4n) is 3.03. The summed E-state index contributed by atoms with van der Waals surface area (Å²) in [5.74, 6) is 0.138. The van der Waals surface area contributed by atoms with E-state index in [9.17, 15) is 4.79 Å². The molecular formula is C18H17N3O. The lowest BCUT2D eigenvalue weighted by Gasteiger charge is -2.15. The summed E-state index contributed by atoms with van der Waals surface area (Å²) in [4.78, 5) is 18.7. The minimum Gasteiger partial charge on any atom is -0.339 e. The highest BCUT2D eigenvalue weighted by atomic mass is 16.2. The summed E-state index contributed by atoms with van der Waals surface area (Å²) >= 11 is 0. The van der Waals surface area contributed by atoms with E-state index in [1.54, 1.807) is 0 Å². The lowest BCUT2D eigenvalue weighted by atomic mass is 10.2. The van der Waals surface area contributed by atoms with Crippen LogP contribution in [0.15, 0.2) is 54.9 Å². The van der Waals surface area contributed by atoms with Gasteiger partial charge in [-0.05, 0) is 49.2 Å². The van der Waals surface area contributed by atoms with Gasteiger partial charge in [0, 0.05) is 24.3 Å². The molecule has 1 aliphatic heterocycles. The van der Waals surface area contributed by atoms with Crippen molar-refractivity contribution < 1.29 is 4.79 Å². The molecule has 0 atom stereocenters. The predicted octanol–water partition coefficient (Wildman–Crippen LogP) is 3.26. The van der Waals surface area contributed by atoms with Crippen molar-refractivity contribution in [2.75, 3.05) is 13.1 Å². The lowest BCUT2D eigenvalue weighted by molar-refractivity contribution is 0.0793. The number of para-hydroxylation sites is 2. The van der Waals surface area contributed by atoms with Crippen LogP contribution in [0, 0.1) is 0 Å². The Morgan fingerprint density at radius 2 is 1.68 bits per heavy atom. The molecule has 1 amide bonds. The Morgan fingerprint density at radius 3 is 2.45 bits per heavy atom. The number of carbonyl (C=O) groups is 1. The number of likely N-dealkylation sites (tertiary alicyclic amines) is 1. The number of amides is 1. The molecule has 0 bridgehead atoms. The zero-order valence-corrected chi connectivity index (χ0v) is 12.3. The highest BCUT2D eigenvalue weighted by molar-refractivity contribution is 5.94. The first-order valence-electron chi connectivity index (χ1n) is 7.65. The first-order chi connectivity index (χ1) is 10.8. The lowest BCUT2D eigenvalue weighted by Crippen LogP contribution is -2.27. The average molecular weight is 291 g/mol. The van der Waals surface area contributed by atoms with Crippen LogP contribution < -0.4 is 0 Å². The van der Waals surface area contributed by atoms with E-state index < -0.39 is 0 Å². The van der Waals surface area contributed by atoms with Crippen molar-refractivity contribution in [1.29, 1.82) is 0 Å². The molecule has 0 aliphatic carbocycles. The third kappa shape index (κ3) is 2.17. The van der Waals surface area contributed by atoms with Crippen LogP contribution in [0.2, 0.25) is 0 Å². The standard InChI is InChI=1S/C18H17N3O/c22-18(20-11-3-4-12-20)14-7-9-15(10-8-14)21-13-19-16-5-1-2-6-17(16)21/h1-2,5-10,13H,3-4,11-12H2. The summed E-state index contributed by atoms with van der Waals surface area (Å²) in [6.07, 6.45) is 4.05. The average Bonchev–Trinajstić information content (AvgIpc) is 3.24. The van der Waals surface area contributed by atoms with Gasteiger partial charge in [-0.25, -0.2) is 4.98 Å². The molecule has 1 fully saturated rings. The van der Waals surface area contributed by atoms with E-state index in [2.05, 4.69) is 4.98 Å². The molecule has 1 aromatic heterocycles. The number of benzene rings is 2. The van der Waals surface area contributed by atoms with Crippen molar-refractivity contribution >= 4 is 16.9 Å². The Balaban J connectivity index is 1.65. The van der Waals surface area contributed by atoms with E-state index in [0.717, 1.165) is 48.2 Å². The van der Waals surface area contributed by atoms with Gasteiger partial charge in [0.2, 0.25) is 0 Å². The second-order valence-electron chi connectivity index (χ2n) is 5.65. The molecule has 4 nitrogen and oxygen atoms in total. The topological polar surface area (TPSA) is 38.1 Å². The summed E-state index contributed by atoms with van der Waals surface area (Å²) in [6, 6.07) is 15.8. The number of hydrogen-bond donors (Lipinski definition) is 0. The second kappa shape index (κ2) is 5.30. The number of fused-ring (bicyclic) bond motifs is 1. The highest BCUT2D eigenvalue weighted by Crippen LogP contribution is 2.19. The summed E-state index contributed by atoms with van der Waals surface area (Å²) in [6.45, 7) is 1.76. The first kappa shape index (κ1) is 13.1. The zero-order chi connectivity index (χ0) is 14.9. The van der Waals surface area contributed by atoms with Gasteiger partial charge in [0.15, 0.2) is 0 Å². The molecule has 110 valence electrons. The molecule has 4 heteroatoms. The predicted molar refractivity (Wildman–Crippen MR) is 86.2 cm³/mol. The fraction of sp³-hybridized carbons (Fsp3) is 0.222. The molecule has 0 saturated carbocycles. The van der Waals surface area contributed by atoms with Crippen molar-refractivity contribution in [3.8, 4) is 5.69 Å². The Kier molecular flexibility index (Phi) is 3.15. The summed E-state index contributed by atoms with van der Waals surface area (Å²) in [5.41, 5.74) is 3.82. The molecule has 2 heterocycles. The van der Waals surface area contributed by atoms with E-state index in [-0.39, 0.29) is 5.91 Å². The van der Waals surface area contributed by atoms with Crippen LogP contribution in [0.25, 0.3) is 16.7 Å². The number of rotatable bonds is 2. The van der Waals surface area contributed by atoms with E-state index in [1.807, 2.05) is 64.3 Å². The second-order valence-corrected chi connectivity index (χ2v) is 5.65. The number of aromatic nitrogens is 2. The van der Waals surface area contributed by atoms with Crippen LogP contribution in [-0.4, -0.2) is 33.4 Å². The smallest absolute Gasteiger partial charge is 0.253 e. The van der Waals surface area contributed by atoms with Crippen molar-refractivity contribution in [3.05, 3.63) is 60.4 Å². The molecule has 22 heavy (non-hydrogen) atoms. The minimum absolute atomic E-state index is 0.138. The molecule has 0 radical (unpaired) electrons. The van der Waals surface area contributed by atoms with Gasteiger partial charge in [-0.2, -0.15) is 0 Å². The van der Waals surface area contributed by atoms with Crippen molar-refractivity contribution in [2.24, 2.45) is 0 Å². The van der Waals surface area contributed by atoms with Crippen LogP contribution in [0.1, 0.15) is 23.2 Å². The van der Waals surface area contributed by atoms with E-state index in [0.29, 0.717) is 0 Å². The Bertz CT molecular complexity index is 814. The molecule has 0 spiro atoms. The van der Waals surface area contributed by atoms with Crippen LogP contribution in [0.3, 0.4) is 0 Å². The van der Waals surface area contributed by atoms with E-state index >= 15 is 0 Å². The molecule has 3 aromatic rings. The Hall–Kier alpha value is -2.62. The van der Waals surface area contributed by atoms with Gasteiger partial charge in [0.05, 0.1) is 11.0 Å². The molecule has 0 unspecified atom stereocenters.